The zero-order valence-corrected chi connectivity index (χ0v) is 30.3. The van der Waals surface area contributed by atoms with E-state index in [0.29, 0.717) is 35.3 Å². The van der Waals surface area contributed by atoms with E-state index in [1.807, 2.05) is 0 Å². The first-order chi connectivity index (χ1) is 23.7. The first kappa shape index (κ1) is 40.3. The molecule has 0 bridgehead atoms. The number of nitrogens with zero attached hydrogens (tertiary/aromatic N) is 3. The maximum Gasteiger partial charge on any atom is 0.416 e. The lowest BCUT2D eigenvalue weighted by molar-refractivity contribution is -0.153. The number of benzene rings is 2. The third-order valence-corrected chi connectivity index (χ3v) is 9.58. The van der Waals surface area contributed by atoms with Crippen molar-refractivity contribution in [1.29, 1.82) is 0 Å². The number of likely N-dealkylation sites (tertiary alicyclic amines) is 1. The minimum absolute atomic E-state index is 0.00554. The van der Waals surface area contributed by atoms with Crippen LogP contribution in [-0.2, 0) is 36.8 Å². The van der Waals surface area contributed by atoms with Crippen molar-refractivity contribution in [3.8, 4) is 0 Å². The number of aryl methyl sites for hydroxylation is 1. The van der Waals surface area contributed by atoms with E-state index in [9.17, 15) is 45.1 Å². The van der Waals surface area contributed by atoms with Crippen molar-refractivity contribution in [3.05, 3.63) is 75.7 Å². The fourth-order valence-corrected chi connectivity index (χ4v) is 6.79. The SMILES string of the molecule is COC(=O)[C@]1(C)CC[C@H](C2CC(c3ccc(F)cc3C)=C(N(C)C(=O)C(C)(C)c3cc(C(F)(F)F)cc(C(F)(F)F)c3)C=N2)N1C(=O)OC(C)(C)C. The molecule has 0 radical (unpaired) electrons. The summed E-state index contributed by atoms with van der Waals surface area (Å²) in [5, 5.41) is 0. The summed E-state index contributed by atoms with van der Waals surface area (Å²) in [6, 6.07) is 3.56. The van der Waals surface area contributed by atoms with Crippen molar-refractivity contribution in [1.82, 2.24) is 9.80 Å². The topological polar surface area (TPSA) is 88.5 Å². The minimum atomic E-state index is -5.13. The molecule has 0 aliphatic carbocycles. The zero-order chi connectivity index (χ0) is 39.4. The van der Waals surface area contributed by atoms with Crippen molar-refractivity contribution in [2.24, 2.45) is 4.99 Å². The Balaban J connectivity index is 1.82. The Morgan fingerprint density at radius 2 is 1.48 bits per heavy atom. The molecule has 0 aromatic heterocycles. The molecule has 2 aliphatic heterocycles. The number of dihydropyridines is 1. The Bertz CT molecular complexity index is 1780. The Morgan fingerprint density at radius 1 is 0.923 bits per heavy atom. The zero-order valence-electron chi connectivity index (χ0n) is 30.3. The van der Waals surface area contributed by atoms with Gasteiger partial charge in [-0.15, -0.1) is 0 Å². The third-order valence-electron chi connectivity index (χ3n) is 9.58. The van der Waals surface area contributed by atoms with E-state index in [4.69, 9.17) is 14.5 Å². The number of methoxy groups -OCH3 is 1. The number of ether oxygens (including phenoxy) is 2. The van der Waals surface area contributed by atoms with Gasteiger partial charge in [-0.3, -0.25) is 14.7 Å². The van der Waals surface area contributed by atoms with Gasteiger partial charge in [0.15, 0.2) is 0 Å². The van der Waals surface area contributed by atoms with Gasteiger partial charge in [0.2, 0.25) is 5.91 Å². The van der Waals surface area contributed by atoms with E-state index in [0.717, 1.165) is 4.90 Å². The molecule has 1 fully saturated rings. The minimum Gasteiger partial charge on any atom is -0.467 e. The number of carbonyl (C=O) groups excluding carboxylic acids is 3. The van der Waals surface area contributed by atoms with Gasteiger partial charge in [-0.2, -0.15) is 26.3 Å². The monoisotopic (exact) mass is 741 g/mol. The molecule has 2 aliphatic rings. The van der Waals surface area contributed by atoms with Crippen LogP contribution in [0.4, 0.5) is 35.5 Å². The van der Waals surface area contributed by atoms with Crippen molar-refractivity contribution >= 4 is 29.8 Å². The van der Waals surface area contributed by atoms with Crippen molar-refractivity contribution in [2.45, 2.75) is 109 Å². The lowest BCUT2D eigenvalue weighted by Gasteiger charge is -2.40. The van der Waals surface area contributed by atoms with Gasteiger partial charge in [0.05, 0.1) is 41.4 Å². The summed E-state index contributed by atoms with van der Waals surface area (Å²) in [5.74, 6) is -2.06. The highest BCUT2D eigenvalue weighted by Crippen LogP contribution is 2.44. The molecule has 2 amide bonds. The molecule has 3 atom stereocenters. The quantitative estimate of drug-likeness (QED) is 0.219. The fourth-order valence-electron chi connectivity index (χ4n) is 6.79. The summed E-state index contributed by atoms with van der Waals surface area (Å²) in [5.41, 5.74) is -6.34. The molecule has 1 unspecified atom stereocenters. The highest BCUT2D eigenvalue weighted by Gasteiger charge is 2.55. The molecule has 284 valence electrons. The van der Waals surface area contributed by atoms with Crippen molar-refractivity contribution in [2.75, 3.05) is 14.2 Å². The first-order valence-electron chi connectivity index (χ1n) is 16.4. The number of likely N-dealkylation sites (N-methyl/N-ethyl adjacent to an activating group) is 1. The molecule has 2 aromatic rings. The predicted octanol–water partition coefficient (Wildman–Crippen LogP) is 8.49. The van der Waals surface area contributed by atoms with Gasteiger partial charge in [0.25, 0.3) is 0 Å². The van der Waals surface area contributed by atoms with E-state index in [-0.39, 0.29) is 24.6 Å². The number of alkyl halides is 6. The van der Waals surface area contributed by atoms with Crippen LogP contribution >= 0.6 is 0 Å². The van der Waals surface area contributed by atoms with Crippen LogP contribution in [0.1, 0.15) is 88.6 Å². The second-order valence-corrected chi connectivity index (χ2v) is 14.9. The van der Waals surface area contributed by atoms with E-state index >= 15 is 0 Å². The Labute approximate surface area is 297 Å². The molecule has 8 nitrogen and oxygen atoms in total. The van der Waals surface area contributed by atoms with E-state index in [1.165, 1.54) is 57.3 Å². The Hall–Kier alpha value is -4.43. The van der Waals surface area contributed by atoms with Crippen molar-refractivity contribution < 1.29 is 54.6 Å². The molecule has 0 saturated carbocycles. The number of hydrogen-bond donors (Lipinski definition) is 0. The van der Waals surface area contributed by atoms with Gasteiger partial charge in [-0.05, 0) is 120 Å². The Morgan fingerprint density at radius 3 is 1.98 bits per heavy atom. The largest absolute Gasteiger partial charge is 0.467 e. The molecule has 2 heterocycles. The highest BCUT2D eigenvalue weighted by molar-refractivity contribution is 6.00. The van der Waals surface area contributed by atoms with E-state index in [2.05, 4.69) is 0 Å². The van der Waals surface area contributed by atoms with Gasteiger partial charge in [-0.1, -0.05) is 6.07 Å². The predicted molar refractivity (Wildman–Crippen MR) is 179 cm³/mol. The van der Waals surface area contributed by atoms with E-state index < -0.39 is 81.5 Å². The van der Waals surface area contributed by atoms with Crippen LogP contribution in [0, 0.1) is 12.7 Å². The number of amides is 2. The van der Waals surface area contributed by atoms with Crippen LogP contribution in [0.3, 0.4) is 0 Å². The fraction of sp³-hybridized carbons (Fsp3) is 0.514. The number of esters is 1. The smallest absolute Gasteiger partial charge is 0.416 e. The standard InChI is InChI=1S/C37H42F7N3O5/c1-20-14-24(38)10-11-25(20)26-18-27(28-12-13-35(7,31(49)51-9)47(28)32(50)52-33(2,3)4)45-19-29(26)46(8)30(48)34(5,6)21-15-22(36(39,40)41)17-23(16-21)37(42,43)44/h10-11,14-17,19,27-28H,12-13,18H2,1-9H3/t27?,28-,35+/m1/s1. The van der Waals surface area contributed by atoms with Crippen LogP contribution < -0.4 is 0 Å². The van der Waals surface area contributed by atoms with Crippen LogP contribution in [0.2, 0.25) is 0 Å². The molecule has 52 heavy (non-hydrogen) atoms. The van der Waals surface area contributed by atoms with Crippen LogP contribution in [0.15, 0.2) is 47.1 Å². The summed E-state index contributed by atoms with van der Waals surface area (Å²) in [4.78, 5) is 48.0. The summed E-state index contributed by atoms with van der Waals surface area (Å²) in [6.45, 7) is 10.7. The highest BCUT2D eigenvalue weighted by atomic mass is 19.4. The maximum atomic E-state index is 14.3. The van der Waals surface area contributed by atoms with E-state index in [1.54, 1.807) is 34.6 Å². The molecule has 4 rings (SSSR count). The average Bonchev–Trinajstić information content (AvgIpc) is 3.40. The summed E-state index contributed by atoms with van der Waals surface area (Å²) in [7, 11) is 2.52. The lowest BCUT2D eigenvalue weighted by Crippen LogP contribution is -2.57. The molecular weight excluding hydrogens is 699 g/mol. The van der Waals surface area contributed by atoms with Gasteiger partial charge >= 0.3 is 24.4 Å². The molecule has 15 heteroatoms. The summed E-state index contributed by atoms with van der Waals surface area (Å²) < 4.78 is 107. The van der Waals surface area contributed by atoms with Gasteiger partial charge in [0, 0.05) is 13.3 Å². The van der Waals surface area contributed by atoms with Gasteiger partial charge in [-0.25, -0.2) is 14.0 Å². The molecule has 0 N–H and O–H groups in total. The van der Waals surface area contributed by atoms with Crippen LogP contribution in [0.25, 0.3) is 5.57 Å². The number of carbonyl (C=O) groups is 3. The molecule has 1 saturated heterocycles. The molecular formula is C37H42F7N3O5. The van der Waals surface area contributed by atoms with Crippen molar-refractivity contribution in [3.63, 3.8) is 0 Å². The third kappa shape index (κ3) is 7.97. The lowest BCUT2D eigenvalue weighted by atomic mass is 9.81. The number of hydrogen-bond acceptors (Lipinski definition) is 6. The molecule has 0 spiro atoms. The normalized spacial score (nSPS) is 21.3. The maximum absolute atomic E-state index is 14.3. The second-order valence-electron chi connectivity index (χ2n) is 14.9. The number of halogens is 7. The first-order valence-corrected chi connectivity index (χ1v) is 16.4. The van der Waals surface area contributed by atoms with Gasteiger partial charge in [0.1, 0.15) is 17.0 Å². The average molecular weight is 742 g/mol. The number of allylic oxidation sites excluding steroid dienone is 1. The second kappa shape index (κ2) is 13.8. The van der Waals surface area contributed by atoms with Crippen LogP contribution in [0.5, 0.6) is 0 Å². The molecule has 2 aromatic carbocycles. The van der Waals surface area contributed by atoms with Crippen LogP contribution in [-0.4, -0.2) is 71.4 Å². The number of aliphatic imine (C=N–C) groups is 1. The van der Waals surface area contributed by atoms with Gasteiger partial charge < -0.3 is 14.4 Å². The number of rotatable bonds is 6. The Kier molecular flexibility index (Phi) is 10.7. The summed E-state index contributed by atoms with van der Waals surface area (Å²) >= 11 is 0. The summed E-state index contributed by atoms with van der Waals surface area (Å²) in [6.07, 6.45) is -9.13.